The van der Waals surface area contributed by atoms with Crippen LogP contribution in [0.1, 0.15) is 68.3 Å². The Morgan fingerprint density at radius 3 is 2.64 bits per heavy atom. The Balaban J connectivity index is 1.76. The number of nitrogens with one attached hydrogen (secondary N) is 1. The van der Waals surface area contributed by atoms with Crippen molar-refractivity contribution in [1.82, 2.24) is 19.5 Å². The Morgan fingerprint density at radius 2 is 1.93 bits per heavy atom. The molecule has 0 aliphatic heterocycles. The van der Waals surface area contributed by atoms with Crippen molar-refractivity contribution >= 4 is 11.2 Å². The first-order valence-corrected chi connectivity index (χ1v) is 10.3. The Kier molecular flexibility index (Phi) is 5.20. The molecule has 2 aromatic heterocycles. The largest absolute Gasteiger partial charge is 0.425 e. The molecule has 28 heavy (non-hydrogen) atoms. The summed E-state index contributed by atoms with van der Waals surface area (Å²) >= 11 is 0. The molecule has 2 heterocycles. The highest BCUT2D eigenvalue weighted by Gasteiger charge is 2.22. The molecule has 6 nitrogen and oxygen atoms in total. The summed E-state index contributed by atoms with van der Waals surface area (Å²) in [6.45, 7) is 6.70. The predicted molar refractivity (Wildman–Crippen MR) is 110 cm³/mol. The number of fused-ring (bicyclic) bond motifs is 1. The molecule has 0 atom stereocenters. The van der Waals surface area contributed by atoms with E-state index in [4.69, 9.17) is 4.74 Å². The number of ether oxygens (including phenoxy) is 1. The minimum Gasteiger partial charge on any atom is -0.425 e. The lowest BCUT2D eigenvalue weighted by atomic mass is 9.89. The van der Waals surface area contributed by atoms with Gasteiger partial charge in [0.05, 0.1) is 0 Å². The number of aromatic amines is 1. The van der Waals surface area contributed by atoms with Crippen molar-refractivity contribution in [3.8, 4) is 11.8 Å². The smallest absolute Gasteiger partial charge is 0.306 e. The van der Waals surface area contributed by atoms with Gasteiger partial charge in [0.1, 0.15) is 11.6 Å². The molecule has 1 aliphatic rings. The van der Waals surface area contributed by atoms with E-state index in [1.807, 2.05) is 32.0 Å². The van der Waals surface area contributed by atoms with Crippen LogP contribution in [-0.2, 0) is 6.54 Å². The second kappa shape index (κ2) is 7.78. The van der Waals surface area contributed by atoms with E-state index in [2.05, 4.69) is 21.9 Å². The van der Waals surface area contributed by atoms with Gasteiger partial charge in [-0.05, 0) is 56.4 Å². The molecule has 0 saturated heterocycles. The maximum absolute atomic E-state index is 13.1. The van der Waals surface area contributed by atoms with Crippen LogP contribution in [0.5, 0.6) is 11.8 Å². The highest BCUT2D eigenvalue weighted by molar-refractivity contribution is 5.70. The summed E-state index contributed by atoms with van der Waals surface area (Å²) in [6, 6.07) is 6.21. The summed E-state index contributed by atoms with van der Waals surface area (Å²) < 4.78 is 7.65. The second-order valence-corrected chi connectivity index (χ2v) is 7.85. The zero-order valence-corrected chi connectivity index (χ0v) is 16.9. The quantitative estimate of drug-likeness (QED) is 0.677. The van der Waals surface area contributed by atoms with E-state index in [-0.39, 0.29) is 5.56 Å². The fraction of sp³-hybridized carbons (Fsp3) is 0.500. The molecule has 1 saturated carbocycles. The maximum atomic E-state index is 13.1. The Bertz CT molecular complexity index is 1040. The van der Waals surface area contributed by atoms with Gasteiger partial charge < -0.3 is 9.72 Å². The molecule has 1 N–H and O–H groups in total. The van der Waals surface area contributed by atoms with Gasteiger partial charge in [0.25, 0.3) is 5.56 Å². The number of imidazole rings is 1. The van der Waals surface area contributed by atoms with Crippen molar-refractivity contribution < 1.29 is 4.74 Å². The van der Waals surface area contributed by atoms with E-state index in [1.54, 1.807) is 4.57 Å². The van der Waals surface area contributed by atoms with Crippen LogP contribution in [0.2, 0.25) is 0 Å². The molecule has 1 aromatic carbocycles. The van der Waals surface area contributed by atoms with Crippen LogP contribution in [-0.4, -0.2) is 19.5 Å². The van der Waals surface area contributed by atoms with Crippen molar-refractivity contribution in [2.45, 2.75) is 71.8 Å². The van der Waals surface area contributed by atoms with E-state index in [0.29, 0.717) is 35.4 Å². The predicted octanol–water partition coefficient (Wildman–Crippen LogP) is 4.99. The minimum atomic E-state index is -0.111. The third kappa shape index (κ3) is 3.55. The Hall–Kier alpha value is -2.63. The van der Waals surface area contributed by atoms with Crippen LogP contribution in [0.15, 0.2) is 23.0 Å². The number of nitrogens with zero attached hydrogens (tertiary/aromatic N) is 3. The molecule has 0 radical (unpaired) electrons. The van der Waals surface area contributed by atoms with Crippen LogP contribution in [0.3, 0.4) is 0 Å². The Labute approximate surface area is 165 Å². The zero-order chi connectivity index (χ0) is 19.7. The lowest BCUT2D eigenvalue weighted by Gasteiger charge is -2.18. The SMILES string of the molecule is CCCn1c(Oc2ccc(C)c(C)c2)nc2nc(C3CCCCC3)[nH]c2c1=O. The first-order valence-electron chi connectivity index (χ1n) is 10.3. The van der Waals surface area contributed by atoms with Crippen LogP contribution >= 0.6 is 0 Å². The fourth-order valence-electron chi connectivity index (χ4n) is 3.94. The van der Waals surface area contributed by atoms with E-state index >= 15 is 0 Å². The third-order valence-electron chi connectivity index (χ3n) is 5.72. The molecule has 0 spiro atoms. The maximum Gasteiger partial charge on any atom is 0.306 e. The standard InChI is InChI=1S/C22H28N4O2/c1-4-12-26-21(27)18-20(24-19(23-18)16-8-6-5-7-9-16)25-22(26)28-17-11-10-14(2)15(3)13-17/h10-11,13,16H,4-9,12H2,1-3H3,(H,23,24). The van der Waals surface area contributed by atoms with Gasteiger partial charge >= 0.3 is 6.01 Å². The molecule has 6 heteroatoms. The van der Waals surface area contributed by atoms with Crippen LogP contribution in [0, 0.1) is 13.8 Å². The number of aryl methyl sites for hydroxylation is 2. The van der Waals surface area contributed by atoms with Gasteiger partial charge in [-0.25, -0.2) is 4.98 Å². The van der Waals surface area contributed by atoms with Gasteiger partial charge in [0.15, 0.2) is 11.2 Å². The zero-order valence-electron chi connectivity index (χ0n) is 16.9. The molecular weight excluding hydrogens is 352 g/mol. The van der Waals surface area contributed by atoms with Crippen LogP contribution in [0.25, 0.3) is 11.2 Å². The average Bonchev–Trinajstić information content (AvgIpc) is 3.13. The molecule has 1 aliphatic carbocycles. The number of hydrogen-bond acceptors (Lipinski definition) is 4. The number of aromatic nitrogens is 4. The molecule has 0 bridgehead atoms. The molecular formula is C22H28N4O2. The van der Waals surface area contributed by atoms with Crippen molar-refractivity contribution in [3.63, 3.8) is 0 Å². The molecule has 4 rings (SSSR count). The minimum absolute atomic E-state index is 0.111. The van der Waals surface area contributed by atoms with Crippen LogP contribution in [0.4, 0.5) is 0 Å². The van der Waals surface area contributed by atoms with Crippen LogP contribution < -0.4 is 10.3 Å². The van der Waals surface area contributed by atoms with E-state index in [9.17, 15) is 4.79 Å². The van der Waals surface area contributed by atoms with Gasteiger partial charge in [0, 0.05) is 12.5 Å². The highest BCUT2D eigenvalue weighted by atomic mass is 16.5. The molecule has 148 valence electrons. The average molecular weight is 380 g/mol. The van der Waals surface area contributed by atoms with Crippen molar-refractivity contribution in [2.75, 3.05) is 0 Å². The topological polar surface area (TPSA) is 72.8 Å². The number of H-pyrrole nitrogens is 1. The first kappa shape index (κ1) is 18.7. The van der Waals surface area contributed by atoms with E-state index < -0.39 is 0 Å². The number of hydrogen-bond donors (Lipinski definition) is 1. The lowest BCUT2D eigenvalue weighted by Crippen LogP contribution is -2.23. The molecule has 1 fully saturated rings. The third-order valence-corrected chi connectivity index (χ3v) is 5.72. The van der Waals surface area contributed by atoms with E-state index in [0.717, 1.165) is 30.7 Å². The monoisotopic (exact) mass is 380 g/mol. The highest BCUT2D eigenvalue weighted by Crippen LogP contribution is 2.32. The summed E-state index contributed by atoms with van der Waals surface area (Å²) in [5, 5.41) is 0. The summed E-state index contributed by atoms with van der Waals surface area (Å²) in [4.78, 5) is 25.7. The van der Waals surface area contributed by atoms with Gasteiger partial charge in [-0.2, -0.15) is 4.98 Å². The molecule has 3 aromatic rings. The van der Waals surface area contributed by atoms with E-state index in [1.165, 1.54) is 24.8 Å². The summed E-state index contributed by atoms with van der Waals surface area (Å²) in [6.07, 6.45) is 6.78. The normalized spacial score (nSPS) is 15.2. The summed E-state index contributed by atoms with van der Waals surface area (Å²) in [7, 11) is 0. The fourth-order valence-corrected chi connectivity index (χ4v) is 3.94. The summed E-state index contributed by atoms with van der Waals surface area (Å²) in [5.74, 6) is 1.97. The van der Waals surface area contributed by atoms with Gasteiger partial charge in [0.2, 0.25) is 0 Å². The summed E-state index contributed by atoms with van der Waals surface area (Å²) in [5.41, 5.74) is 3.17. The molecule has 0 amide bonds. The second-order valence-electron chi connectivity index (χ2n) is 7.85. The van der Waals surface area contributed by atoms with Gasteiger partial charge in [-0.15, -0.1) is 0 Å². The number of rotatable bonds is 5. The van der Waals surface area contributed by atoms with Gasteiger partial charge in [-0.1, -0.05) is 32.3 Å². The Morgan fingerprint density at radius 1 is 1.14 bits per heavy atom. The molecule has 0 unspecified atom stereocenters. The van der Waals surface area contributed by atoms with Crippen molar-refractivity contribution in [1.29, 1.82) is 0 Å². The van der Waals surface area contributed by atoms with Gasteiger partial charge in [-0.3, -0.25) is 9.36 Å². The van der Waals surface area contributed by atoms with Crippen molar-refractivity contribution in [2.24, 2.45) is 0 Å². The van der Waals surface area contributed by atoms with Crippen molar-refractivity contribution in [3.05, 3.63) is 45.5 Å². The first-order chi connectivity index (χ1) is 13.6. The number of benzene rings is 1. The lowest BCUT2D eigenvalue weighted by molar-refractivity contribution is 0.398.